The molecule has 3 N–H and O–H groups in total. The van der Waals surface area contributed by atoms with Gasteiger partial charge in [0.15, 0.2) is 0 Å². The lowest BCUT2D eigenvalue weighted by atomic mass is 9.75. The molecule has 1 saturated carbocycles. The molecule has 1 aromatic carbocycles. The highest BCUT2D eigenvalue weighted by atomic mass is 79.9. The van der Waals surface area contributed by atoms with Crippen LogP contribution in [0.5, 0.6) is 5.75 Å². The number of halogens is 1. The summed E-state index contributed by atoms with van der Waals surface area (Å²) in [6.07, 6.45) is 5.50. The smallest absolute Gasteiger partial charge is 0.135 e. The topological polar surface area (TPSA) is 46.2 Å². The molecule has 0 radical (unpaired) electrons. The predicted molar refractivity (Wildman–Crippen MR) is 74.2 cm³/mol. The first kappa shape index (κ1) is 12.9. The molecule has 0 spiro atoms. The van der Waals surface area contributed by atoms with Crippen LogP contribution in [0.15, 0.2) is 10.5 Å². The van der Waals surface area contributed by atoms with Crippen LogP contribution in [0.3, 0.4) is 0 Å². The molecule has 0 aliphatic heterocycles. The number of aryl methyl sites for hydroxylation is 1. The molecule has 0 unspecified atom stereocenters. The Balaban J connectivity index is 2.57. The van der Waals surface area contributed by atoms with E-state index in [2.05, 4.69) is 29.8 Å². The van der Waals surface area contributed by atoms with Crippen molar-refractivity contribution < 1.29 is 5.11 Å². The maximum Gasteiger partial charge on any atom is 0.135 e. The van der Waals surface area contributed by atoms with Crippen LogP contribution >= 0.6 is 15.9 Å². The number of phenolic OH excluding ortho intramolecular Hbond substituents is 1. The molecular weight excluding hydrogens is 278 g/mol. The van der Waals surface area contributed by atoms with Crippen molar-refractivity contribution in [3.05, 3.63) is 27.2 Å². The van der Waals surface area contributed by atoms with Gasteiger partial charge in [-0.1, -0.05) is 19.3 Å². The van der Waals surface area contributed by atoms with E-state index in [1.54, 1.807) is 0 Å². The molecule has 0 atom stereocenters. The lowest BCUT2D eigenvalue weighted by Crippen LogP contribution is -2.39. The first-order valence-electron chi connectivity index (χ1n) is 6.24. The summed E-state index contributed by atoms with van der Waals surface area (Å²) in [7, 11) is 0. The molecule has 1 aliphatic carbocycles. The molecule has 3 heteroatoms. The van der Waals surface area contributed by atoms with Crippen LogP contribution in [-0.4, -0.2) is 5.11 Å². The Labute approximate surface area is 111 Å². The summed E-state index contributed by atoms with van der Waals surface area (Å²) in [5.74, 6) is 0.331. The predicted octanol–water partition coefficient (Wildman–Crippen LogP) is 3.89. The van der Waals surface area contributed by atoms with Crippen molar-refractivity contribution in [2.75, 3.05) is 0 Å². The third-order valence-electron chi connectivity index (χ3n) is 4.02. The molecule has 0 bridgehead atoms. The summed E-state index contributed by atoms with van der Waals surface area (Å²) in [5.41, 5.74) is 9.46. The van der Waals surface area contributed by atoms with Gasteiger partial charge in [-0.2, -0.15) is 0 Å². The minimum atomic E-state index is -0.346. The third-order valence-corrected chi connectivity index (χ3v) is 4.62. The molecule has 0 amide bonds. The van der Waals surface area contributed by atoms with Crippen molar-refractivity contribution in [1.29, 1.82) is 0 Å². The average Bonchev–Trinajstić information content (AvgIpc) is 2.27. The second kappa shape index (κ2) is 4.62. The van der Waals surface area contributed by atoms with Gasteiger partial charge in [0, 0.05) is 11.1 Å². The zero-order chi connectivity index (χ0) is 12.6. The second-order valence-electron chi connectivity index (χ2n) is 5.24. The number of phenols is 1. The molecule has 0 heterocycles. The molecule has 1 aromatic rings. The Kier molecular flexibility index (Phi) is 3.50. The molecule has 2 rings (SSSR count). The Hall–Kier alpha value is -0.540. The van der Waals surface area contributed by atoms with Crippen LogP contribution < -0.4 is 5.73 Å². The zero-order valence-corrected chi connectivity index (χ0v) is 12.1. The molecule has 17 heavy (non-hydrogen) atoms. The third kappa shape index (κ3) is 2.23. The van der Waals surface area contributed by atoms with Crippen molar-refractivity contribution in [3.63, 3.8) is 0 Å². The summed E-state index contributed by atoms with van der Waals surface area (Å²) >= 11 is 3.42. The van der Waals surface area contributed by atoms with E-state index >= 15 is 0 Å². The van der Waals surface area contributed by atoms with E-state index in [-0.39, 0.29) is 5.54 Å². The Morgan fingerprint density at radius 2 is 1.82 bits per heavy atom. The van der Waals surface area contributed by atoms with Crippen molar-refractivity contribution in [2.45, 2.75) is 51.5 Å². The van der Waals surface area contributed by atoms with Crippen LogP contribution in [0.1, 0.15) is 48.8 Å². The van der Waals surface area contributed by atoms with E-state index in [1.807, 2.05) is 6.07 Å². The summed E-state index contributed by atoms with van der Waals surface area (Å²) < 4.78 is 0.756. The number of benzene rings is 1. The van der Waals surface area contributed by atoms with Crippen molar-refractivity contribution in [1.82, 2.24) is 0 Å². The first-order chi connectivity index (χ1) is 7.96. The van der Waals surface area contributed by atoms with E-state index in [9.17, 15) is 5.11 Å². The van der Waals surface area contributed by atoms with E-state index in [0.717, 1.165) is 41.3 Å². The number of nitrogens with two attached hydrogens (primary N) is 1. The van der Waals surface area contributed by atoms with E-state index in [0.29, 0.717) is 5.75 Å². The van der Waals surface area contributed by atoms with E-state index < -0.39 is 0 Å². The van der Waals surface area contributed by atoms with Crippen LogP contribution in [-0.2, 0) is 5.54 Å². The van der Waals surface area contributed by atoms with Gasteiger partial charge in [-0.25, -0.2) is 0 Å². The van der Waals surface area contributed by atoms with Gasteiger partial charge in [0.1, 0.15) is 5.75 Å². The van der Waals surface area contributed by atoms with Gasteiger partial charge >= 0.3 is 0 Å². The SMILES string of the molecule is Cc1cc(Br)c(O)c(C2(N)CCCCC2)c1C. The normalized spacial score (nSPS) is 19.3. The lowest BCUT2D eigenvalue weighted by molar-refractivity contribution is 0.290. The molecule has 0 aromatic heterocycles. The van der Waals surface area contributed by atoms with Crippen molar-refractivity contribution in [2.24, 2.45) is 5.73 Å². The van der Waals surface area contributed by atoms with Gasteiger partial charge in [0.25, 0.3) is 0 Å². The number of hydrogen-bond acceptors (Lipinski definition) is 2. The highest BCUT2D eigenvalue weighted by Gasteiger charge is 2.34. The highest BCUT2D eigenvalue weighted by Crippen LogP contribution is 2.44. The van der Waals surface area contributed by atoms with Gasteiger partial charge in [0.05, 0.1) is 4.47 Å². The average molecular weight is 298 g/mol. The standard InChI is InChI=1S/C14H20BrNO/c1-9-8-11(15)13(17)12(10(9)2)14(16)6-4-3-5-7-14/h8,17H,3-7,16H2,1-2H3. The molecule has 1 aliphatic rings. The molecule has 0 saturated heterocycles. The lowest BCUT2D eigenvalue weighted by Gasteiger charge is -2.36. The summed E-state index contributed by atoms with van der Waals surface area (Å²) in [4.78, 5) is 0. The molecule has 2 nitrogen and oxygen atoms in total. The fourth-order valence-corrected chi connectivity index (χ4v) is 3.44. The van der Waals surface area contributed by atoms with Crippen LogP contribution in [0.2, 0.25) is 0 Å². The summed E-state index contributed by atoms with van der Waals surface area (Å²) in [6.45, 7) is 4.12. The maximum absolute atomic E-state index is 10.3. The number of hydrogen-bond donors (Lipinski definition) is 2. The zero-order valence-electron chi connectivity index (χ0n) is 10.5. The number of aromatic hydroxyl groups is 1. The fourth-order valence-electron chi connectivity index (χ4n) is 2.90. The monoisotopic (exact) mass is 297 g/mol. The molecule has 1 fully saturated rings. The second-order valence-corrected chi connectivity index (χ2v) is 6.10. The van der Waals surface area contributed by atoms with Gasteiger partial charge in [-0.15, -0.1) is 0 Å². The van der Waals surface area contributed by atoms with E-state index in [1.165, 1.54) is 12.0 Å². The summed E-state index contributed by atoms with van der Waals surface area (Å²) in [5, 5.41) is 10.3. The van der Waals surface area contributed by atoms with Crippen LogP contribution in [0.4, 0.5) is 0 Å². The minimum Gasteiger partial charge on any atom is -0.506 e. The quantitative estimate of drug-likeness (QED) is 0.826. The van der Waals surface area contributed by atoms with Gasteiger partial charge in [0.2, 0.25) is 0 Å². The highest BCUT2D eigenvalue weighted by molar-refractivity contribution is 9.10. The Bertz CT molecular complexity index is 410. The largest absolute Gasteiger partial charge is 0.506 e. The minimum absolute atomic E-state index is 0.331. The van der Waals surface area contributed by atoms with Gasteiger partial charge in [-0.3, -0.25) is 0 Å². The first-order valence-corrected chi connectivity index (χ1v) is 7.03. The Morgan fingerprint density at radius 1 is 1.24 bits per heavy atom. The Morgan fingerprint density at radius 3 is 2.41 bits per heavy atom. The van der Waals surface area contributed by atoms with Crippen molar-refractivity contribution >= 4 is 15.9 Å². The number of rotatable bonds is 1. The fraction of sp³-hybridized carbons (Fsp3) is 0.571. The van der Waals surface area contributed by atoms with E-state index in [4.69, 9.17) is 5.73 Å². The summed E-state index contributed by atoms with van der Waals surface area (Å²) in [6, 6.07) is 1.96. The van der Waals surface area contributed by atoms with Crippen molar-refractivity contribution in [3.8, 4) is 5.75 Å². The maximum atomic E-state index is 10.3. The van der Waals surface area contributed by atoms with Crippen LogP contribution in [0, 0.1) is 13.8 Å². The molecular formula is C14H20BrNO. The van der Waals surface area contributed by atoms with Gasteiger partial charge < -0.3 is 10.8 Å². The van der Waals surface area contributed by atoms with Gasteiger partial charge in [-0.05, 0) is 59.8 Å². The molecule has 94 valence electrons. The van der Waals surface area contributed by atoms with Crippen LogP contribution in [0.25, 0.3) is 0 Å².